The molecule has 0 amide bonds. The van der Waals surface area contributed by atoms with E-state index in [1.54, 1.807) is 6.07 Å². The summed E-state index contributed by atoms with van der Waals surface area (Å²) in [6, 6.07) is 7.64. The number of hydrogen-bond donors (Lipinski definition) is 1. The van der Waals surface area contributed by atoms with Gasteiger partial charge in [-0.05, 0) is 42.9 Å². The Morgan fingerprint density at radius 2 is 2.12 bits per heavy atom. The van der Waals surface area contributed by atoms with Gasteiger partial charge in [-0.25, -0.2) is 4.39 Å². The minimum Gasteiger partial charge on any atom is -0.313 e. The summed E-state index contributed by atoms with van der Waals surface area (Å²) < 4.78 is 13.4. The van der Waals surface area contributed by atoms with E-state index in [0.717, 1.165) is 18.5 Å². The van der Waals surface area contributed by atoms with Crippen molar-refractivity contribution < 1.29 is 4.39 Å². The van der Waals surface area contributed by atoms with Crippen LogP contribution >= 0.6 is 0 Å². The van der Waals surface area contributed by atoms with Gasteiger partial charge in [-0.15, -0.1) is 0 Å². The number of nitrogens with one attached hydrogen (secondary N) is 1. The Morgan fingerprint density at radius 3 is 2.76 bits per heavy atom. The van der Waals surface area contributed by atoms with Gasteiger partial charge in [0.1, 0.15) is 5.82 Å². The van der Waals surface area contributed by atoms with Crippen molar-refractivity contribution in [1.82, 2.24) is 5.32 Å². The first-order valence-electron chi connectivity index (χ1n) is 6.56. The van der Waals surface area contributed by atoms with Gasteiger partial charge in [-0.2, -0.15) is 0 Å². The largest absolute Gasteiger partial charge is 0.313 e. The van der Waals surface area contributed by atoms with Crippen LogP contribution < -0.4 is 5.32 Å². The van der Waals surface area contributed by atoms with Gasteiger partial charge in [0.05, 0.1) is 0 Å². The van der Waals surface area contributed by atoms with Crippen LogP contribution in [0.1, 0.15) is 38.7 Å². The van der Waals surface area contributed by atoms with E-state index in [4.69, 9.17) is 0 Å². The number of halogens is 1. The van der Waals surface area contributed by atoms with Crippen LogP contribution in [0.25, 0.3) is 0 Å². The van der Waals surface area contributed by atoms with Crippen LogP contribution in [-0.2, 0) is 6.42 Å². The molecule has 1 aliphatic carbocycles. The molecule has 0 saturated heterocycles. The number of hydrogen-bond acceptors (Lipinski definition) is 1. The van der Waals surface area contributed by atoms with Gasteiger partial charge in [0.2, 0.25) is 0 Å². The molecule has 1 saturated carbocycles. The lowest BCUT2D eigenvalue weighted by Gasteiger charge is -2.28. The maximum Gasteiger partial charge on any atom is 0.126 e. The highest BCUT2D eigenvalue weighted by Gasteiger charge is 2.33. The van der Waals surface area contributed by atoms with Gasteiger partial charge < -0.3 is 5.32 Å². The maximum absolute atomic E-state index is 13.4. The zero-order valence-corrected chi connectivity index (χ0v) is 10.8. The summed E-state index contributed by atoms with van der Waals surface area (Å²) in [4.78, 5) is 0. The quantitative estimate of drug-likeness (QED) is 0.841. The molecule has 0 spiro atoms. The Hall–Kier alpha value is -0.890. The monoisotopic (exact) mass is 235 g/mol. The second kappa shape index (κ2) is 5.18. The molecule has 1 unspecified atom stereocenters. The first-order chi connectivity index (χ1) is 8.09. The topological polar surface area (TPSA) is 12.0 Å². The van der Waals surface area contributed by atoms with E-state index < -0.39 is 0 Å². The van der Waals surface area contributed by atoms with Crippen molar-refractivity contribution in [1.29, 1.82) is 0 Å². The average molecular weight is 235 g/mol. The van der Waals surface area contributed by atoms with Gasteiger partial charge in [-0.3, -0.25) is 0 Å². The van der Waals surface area contributed by atoms with Crippen LogP contribution in [0.4, 0.5) is 4.39 Å². The van der Waals surface area contributed by atoms with Crippen molar-refractivity contribution in [2.75, 3.05) is 6.54 Å². The third-order valence-electron chi connectivity index (χ3n) is 4.00. The molecule has 2 heteroatoms. The van der Waals surface area contributed by atoms with Gasteiger partial charge in [0.25, 0.3) is 0 Å². The van der Waals surface area contributed by atoms with E-state index >= 15 is 0 Å². The lowest BCUT2D eigenvalue weighted by atomic mass is 9.87. The van der Waals surface area contributed by atoms with Crippen LogP contribution in [0.3, 0.4) is 0 Å². The van der Waals surface area contributed by atoms with Crippen LogP contribution in [0, 0.1) is 11.2 Å². The molecule has 1 aliphatic rings. The molecule has 1 aromatic rings. The fraction of sp³-hybridized carbons (Fsp3) is 0.600. The smallest absolute Gasteiger partial charge is 0.126 e. The highest BCUT2D eigenvalue weighted by atomic mass is 19.1. The number of benzene rings is 1. The zero-order chi connectivity index (χ0) is 12.3. The van der Waals surface area contributed by atoms with Gasteiger partial charge in [-0.1, -0.05) is 38.5 Å². The molecular formula is C15H22FN. The number of rotatable bonds is 4. The summed E-state index contributed by atoms with van der Waals surface area (Å²) in [5.41, 5.74) is 1.21. The minimum atomic E-state index is -0.0833. The molecule has 1 N–H and O–H groups in total. The predicted molar refractivity (Wildman–Crippen MR) is 69.5 cm³/mol. The molecule has 0 aromatic heterocycles. The second-order valence-electron chi connectivity index (χ2n) is 5.73. The molecule has 1 fully saturated rings. The summed E-state index contributed by atoms with van der Waals surface area (Å²) in [5.74, 6) is -0.0833. The average Bonchev–Trinajstić information content (AvgIpc) is 2.61. The fourth-order valence-electron chi connectivity index (χ4n) is 2.79. The van der Waals surface area contributed by atoms with E-state index in [0.29, 0.717) is 11.5 Å². The third kappa shape index (κ3) is 3.06. The second-order valence-corrected chi connectivity index (χ2v) is 5.73. The van der Waals surface area contributed by atoms with Crippen LogP contribution in [0.2, 0.25) is 0 Å². The van der Waals surface area contributed by atoms with E-state index in [2.05, 4.69) is 19.2 Å². The molecular weight excluding hydrogens is 213 g/mol. The summed E-state index contributed by atoms with van der Waals surface area (Å²) in [6.07, 6.45) is 4.64. The Balaban J connectivity index is 1.82. The molecule has 1 atom stereocenters. The summed E-state index contributed by atoms with van der Waals surface area (Å²) >= 11 is 0. The third-order valence-corrected chi connectivity index (χ3v) is 4.00. The first-order valence-corrected chi connectivity index (χ1v) is 6.56. The van der Waals surface area contributed by atoms with E-state index in [-0.39, 0.29) is 5.82 Å². The SMILES string of the molecule is CC1(C)CCCC1NCCc1ccccc1F. The molecule has 1 nitrogen and oxygen atoms in total. The molecule has 0 aliphatic heterocycles. The van der Waals surface area contributed by atoms with Gasteiger partial charge in [0, 0.05) is 6.04 Å². The fourth-order valence-corrected chi connectivity index (χ4v) is 2.79. The summed E-state index contributed by atoms with van der Waals surface area (Å²) in [7, 11) is 0. The van der Waals surface area contributed by atoms with E-state index in [1.165, 1.54) is 25.3 Å². The summed E-state index contributed by atoms with van der Waals surface area (Å²) in [5, 5.41) is 3.58. The molecule has 2 rings (SSSR count). The van der Waals surface area contributed by atoms with Crippen molar-refractivity contribution in [3.05, 3.63) is 35.6 Å². The normalized spacial score (nSPS) is 22.9. The standard InChI is InChI=1S/C15H22FN/c1-15(2)10-5-8-14(15)17-11-9-12-6-3-4-7-13(12)16/h3-4,6-7,14,17H,5,8-11H2,1-2H3. The first kappa shape index (κ1) is 12.6. The highest BCUT2D eigenvalue weighted by Crippen LogP contribution is 2.37. The van der Waals surface area contributed by atoms with E-state index in [1.807, 2.05) is 12.1 Å². The maximum atomic E-state index is 13.4. The van der Waals surface area contributed by atoms with Crippen LogP contribution in [0.5, 0.6) is 0 Å². The Labute approximate surface area is 103 Å². The molecule has 17 heavy (non-hydrogen) atoms. The minimum absolute atomic E-state index is 0.0833. The molecule has 0 heterocycles. The van der Waals surface area contributed by atoms with Crippen molar-refractivity contribution in [2.45, 2.75) is 45.6 Å². The molecule has 94 valence electrons. The zero-order valence-electron chi connectivity index (χ0n) is 10.8. The molecule has 1 aromatic carbocycles. The predicted octanol–water partition coefficient (Wildman–Crippen LogP) is 3.54. The van der Waals surface area contributed by atoms with E-state index in [9.17, 15) is 4.39 Å². The Kier molecular flexibility index (Phi) is 3.82. The Bertz CT molecular complexity index is 373. The lowest BCUT2D eigenvalue weighted by molar-refractivity contribution is 0.285. The highest BCUT2D eigenvalue weighted by molar-refractivity contribution is 5.17. The molecule has 0 bridgehead atoms. The van der Waals surface area contributed by atoms with Crippen molar-refractivity contribution in [3.63, 3.8) is 0 Å². The van der Waals surface area contributed by atoms with Crippen LogP contribution in [0.15, 0.2) is 24.3 Å². The van der Waals surface area contributed by atoms with Gasteiger partial charge >= 0.3 is 0 Å². The summed E-state index contributed by atoms with van der Waals surface area (Å²) in [6.45, 7) is 5.51. The van der Waals surface area contributed by atoms with Crippen LogP contribution in [-0.4, -0.2) is 12.6 Å². The van der Waals surface area contributed by atoms with Crippen molar-refractivity contribution in [2.24, 2.45) is 5.41 Å². The Morgan fingerprint density at radius 1 is 1.35 bits per heavy atom. The van der Waals surface area contributed by atoms with Crippen molar-refractivity contribution >= 4 is 0 Å². The van der Waals surface area contributed by atoms with Gasteiger partial charge in [0.15, 0.2) is 0 Å². The van der Waals surface area contributed by atoms with Crippen molar-refractivity contribution in [3.8, 4) is 0 Å². The lowest BCUT2D eigenvalue weighted by Crippen LogP contribution is -2.38. The molecule has 0 radical (unpaired) electrons.